The molecule has 3 rings (SSSR count). The van der Waals surface area contributed by atoms with Gasteiger partial charge in [-0.15, -0.1) is 0 Å². The van der Waals surface area contributed by atoms with Crippen LogP contribution in [0.25, 0.3) is 0 Å². The Hall–Kier alpha value is -2.58. The molecule has 8 heteroatoms. The predicted molar refractivity (Wildman–Crippen MR) is 112 cm³/mol. The number of sulfone groups is 1. The Balaban J connectivity index is 1.90. The number of hydrogen-bond acceptors (Lipinski definition) is 6. The van der Waals surface area contributed by atoms with Crippen molar-refractivity contribution in [2.24, 2.45) is 0 Å². The Morgan fingerprint density at radius 3 is 2.21 bits per heavy atom. The number of carbonyl (C=O) groups is 1. The number of rotatable bonds is 6. The molecular formula is C21H26N2O5S. The normalized spacial score (nSPS) is 17.3. The number of nitrogens with zero attached hydrogens (tertiary/aromatic N) is 1. The lowest BCUT2D eigenvalue weighted by Gasteiger charge is -2.33. The Morgan fingerprint density at radius 2 is 1.62 bits per heavy atom. The van der Waals surface area contributed by atoms with E-state index in [1.165, 1.54) is 0 Å². The second kappa shape index (κ2) is 8.84. The Morgan fingerprint density at radius 1 is 1.03 bits per heavy atom. The van der Waals surface area contributed by atoms with E-state index in [4.69, 9.17) is 9.47 Å². The second-order valence-electron chi connectivity index (χ2n) is 7.01. The van der Waals surface area contributed by atoms with Crippen molar-refractivity contribution >= 4 is 21.4 Å². The van der Waals surface area contributed by atoms with Gasteiger partial charge in [0.15, 0.2) is 21.3 Å². The smallest absolute Gasteiger partial charge is 0.246 e. The minimum absolute atomic E-state index is 0.0546. The maximum Gasteiger partial charge on any atom is 0.246 e. The van der Waals surface area contributed by atoms with Gasteiger partial charge in [-0.3, -0.25) is 9.69 Å². The van der Waals surface area contributed by atoms with Crippen molar-refractivity contribution in [3.63, 3.8) is 0 Å². The second-order valence-corrected chi connectivity index (χ2v) is 9.32. The van der Waals surface area contributed by atoms with Crippen LogP contribution >= 0.6 is 0 Å². The summed E-state index contributed by atoms with van der Waals surface area (Å²) >= 11 is 0. The highest BCUT2D eigenvalue weighted by atomic mass is 32.2. The minimum atomic E-state index is -3.04. The van der Waals surface area contributed by atoms with Crippen LogP contribution in [0.4, 0.5) is 5.69 Å². The van der Waals surface area contributed by atoms with E-state index >= 15 is 0 Å². The molecule has 1 N–H and O–H groups in total. The van der Waals surface area contributed by atoms with Gasteiger partial charge in [0, 0.05) is 24.8 Å². The molecule has 0 aromatic heterocycles. The SMILES string of the molecule is COc1cc(C)c(NC(=O)C(c2ccccc2)N2CCS(=O)(=O)CC2)cc1OC. The first-order valence-electron chi connectivity index (χ1n) is 9.37. The molecule has 2 aromatic carbocycles. The van der Waals surface area contributed by atoms with Gasteiger partial charge in [0.05, 0.1) is 25.7 Å². The first-order chi connectivity index (χ1) is 13.8. The summed E-state index contributed by atoms with van der Waals surface area (Å²) in [6.45, 7) is 2.52. The lowest BCUT2D eigenvalue weighted by Crippen LogP contribution is -2.46. The molecule has 0 radical (unpaired) electrons. The highest BCUT2D eigenvalue weighted by Crippen LogP contribution is 2.34. The van der Waals surface area contributed by atoms with Crippen LogP contribution in [0.3, 0.4) is 0 Å². The molecule has 1 heterocycles. The number of anilines is 1. The van der Waals surface area contributed by atoms with Gasteiger partial charge in [-0.05, 0) is 24.1 Å². The summed E-state index contributed by atoms with van der Waals surface area (Å²) in [7, 11) is 0.0591. The zero-order valence-electron chi connectivity index (χ0n) is 16.8. The minimum Gasteiger partial charge on any atom is -0.493 e. The van der Waals surface area contributed by atoms with E-state index in [-0.39, 0.29) is 17.4 Å². The highest BCUT2D eigenvalue weighted by Gasteiger charge is 2.32. The van der Waals surface area contributed by atoms with E-state index in [0.29, 0.717) is 30.3 Å². The number of carbonyl (C=O) groups excluding carboxylic acids is 1. The topological polar surface area (TPSA) is 84.9 Å². The monoisotopic (exact) mass is 418 g/mol. The number of hydrogen-bond donors (Lipinski definition) is 1. The van der Waals surface area contributed by atoms with Crippen LogP contribution in [0, 0.1) is 6.92 Å². The standard InChI is InChI=1S/C21H26N2O5S/c1-15-13-18(27-2)19(28-3)14-17(15)22-21(24)20(16-7-5-4-6-8-16)23-9-11-29(25,26)12-10-23/h4-8,13-14,20H,9-12H2,1-3H3,(H,22,24). The zero-order chi connectivity index (χ0) is 21.0. The first kappa shape index (κ1) is 21.1. The fourth-order valence-electron chi connectivity index (χ4n) is 3.46. The van der Waals surface area contributed by atoms with E-state index in [2.05, 4.69) is 5.32 Å². The third-order valence-corrected chi connectivity index (χ3v) is 6.71. The molecule has 1 unspecified atom stereocenters. The summed E-state index contributed by atoms with van der Waals surface area (Å²) in [4.78, 5) is 15.2. The summed E-state index contributed by atoms with van der Waals surface area (Å²) in [5.41, 5.74) is 2.28. The molecule has 1 atom stereocenters. The van der Waals surface area contributed by atoms with E-state index in [1.54, 1.807) is 26.4 Å². The fourth-order valence-corrected chi connectivity index (χ4v) is 4.69. The van der Waals surface area contributed by atoms with Crippen molar-refractivity contribution < 1.29 is 22.7 Å². The largest absolute Gasteiger partial charge is 0.493 e. The Labute approximate surface area is 171 Å². The number of aryl methyl sites for hydroxylation is 1. The number of amides is 1. The van der Waals surface area contributed by atoms with Crippen molar-refractivity contribution in [1.82, 2.24) is 4.90 Å². The average molecular weight is 419 g/mol. The molecule has 156 valence electrons. The van der Waals surface area contributed by atoms with Gasteiger partial charge in [-0.1, -0.05) is 30.3 Å². The molecule has 0 saturated carbocycles. The quantitative estimate of drug-likeness (QED) is 0.776. The van der Waals surface area contributed by atoms with Gasteiger partial charge < -0.3 is 14.8 Å². The number of benzene rings is 2. The van der Waals surface area contributed by atoms with Gasteiger partial charge in [0.2, 0.25) is 5.91 Å². The highest BCUT2D eigenvalue weighted by molar-refractivity contribution is 7.91. The van der Waals surface area contributed by atoms with E-state index in [9.17, 15) is 13.2 Å². The van der Waals surface area contributed by atoms with Crippen LogP contribution < -0.4 is 14.8 Å². The van der Waals surface area contributed by atoms with Crippen LogP contribution in [0.1, 0.15) is 17.2 Å². The third-order valence-electron chi connectivity index (χ3n) is 5.10. The summed E-state index contributed by atoms with van der Waals surface area (Å²) in [6.07, 6.45) is 0. The van der Waals surface area contributed by atoms with Gasteiger partial charge in [0.1, 0.15) is 6.04 Å². The van der Waals surface area contributed by atoms with Crippen molar-refractivity contribution in [2.75, 3.05) is 44.1 Å². The van der Waals surface area contributed by atoms with E-state index in [0.717, 1.165) is 11.1 Å². The Bertz CT molecular complexity index is 962. The molecule has 0 aliphatic carbocycles. The van der Waals surface area contributed by atoms with E-state index < -0.39 is 15.9 Å². The van der Waals surface area contributed by atoms with E-state index in [1.807, 2.05) is 42.2 Å². The lowest BCUT2D eigenvalue weighted by atomic mass is 10.0. The summed E-state index contributed by atoms with van der Waals surface area (Å²) < 4.78 is 34.3. The molecule has 1 saturated heterocycles. The van der Waals surface area contributed by atoms with Crippen molar-refractivity contribution in [3.8, 4) is 11.5 Å². The van der Waals surface area contributed by atoms with Crippen LogP contribution in [-0.2, 0) is 14.6 Å². The average Bonchev–Trinajstić information content (AvgIpc) is 2.71. The van der Waals surface area contributed by atoms with Crippen LogP contribution in [0.2, 0.25) is 0 Å². The van der Waals surface area contributed by atoms with Crippen molar-refractivity contribution in [1.29, 1.82) is 0 Å². The van der Waals surface area contributed by atoms with Crippen molar-refractivity contribution in [3.05, 3.63) is 53.6 Å². The zero-order valence-corrected chi connectivity index (χ0v) is 17.7. The predicted octanol–water partition coefficient (Wildman–Crippen LogP) is 2.42. The molecule has 1 aliphatic rings. The molecule has 1 fully saturated rings. The summed E-state index contributed by atoms with van der Waals surface area (Å²) in [5, 5.41) is 2.99. The summed E-state index contributed by atoms with van der Waals surface area (Å²) in [5.74, 6) is 1.00. The first-order valence-corrected chi connectivity index (χ1v) is 11.2. The summed E-state index contributed by atoms with van der Waals surface area (Å²) in [6, 6.07) is 12.4. The number of nitrogens with one attached hydrogen (secondary N) is 1. The van der Waals surface area contributed by atoms with Crippen molar-refractivity contribution in [2.45, 2.75) is 13.0 Å². The van der Waals surface area contributed by atoms with Gasteiger partial charge in [0.25, 0.3) is 0 Å². The molecule has 2 aromatic rings. The van der Waals surface area contributed by atoms with Crippen LogP contribution in [-0.4, -0.2) is 58.0 Å². The van der Waals surface area contributed by atoms with Crippen LogP contribution in [0.15, 0.2) is 42.5 Å². The maximum atomic E-state index is 13.3. The molecule has 7 nitrogen and oxygen atoms in total. The lowest BCUT2D eigenvalue weighted by molar-refractivity contribution is -0.121. The molecular weight excluding hydrogens is 392 g/mol. The maximum absolute atomic E-state index is 13.3. The molecule has 0 bridgehead atoms. The fraction of sp³-hybridized carbons (Fsp3) is 0.381. The van der Waals surface area contributed by atoms with Crippen LogP contribution in [0.5, 0.6) is 11.5 Å². The van der Waals surface area contributed by atoms with Gasteiger partial charge in [-0.25, -0.2) is 8.42 Å². The Kier molecular flexibility index (Phi) is 6.44. The molecule has 1 aliphatic heterocycles. The molecule has 29 heavy (non-hydrogen) atoms. The molecule has 1 amide bonds. The van der Waals surface area contributed by atoms with Gasteiger partial charge >= 0.3 is 0 Å². The molecule has 0 spiro atoms. The van der Waals surface area contributed by atoms with Gasteiger partial charge in [-0.2, -0.15) is 0 Å². The third kappa shape index (κ3) is 4.89. The number of ether oxygens (including phenoxy) is 2. The number of methoxy groups -OCH3 is 2.